The summed E-state index contributed by atoms with van der Waals surface area (Å²) in [5.41, 5.74) is 1.31. The molecule has 0 saturated heterocycles. The van der Waals surface area contributed by atoms with Crippen molar-refractivity contribution in [3.8, 4) is 0 Å². The monoisotopic (exact) mass is 251 g/mol. The van der Waals surface area contributed by atoms with Crippen molar-refractivity contribution in [3.05, 3.63) is 18.0 Å². The Morgan fingerprint density at radius 1 is 1.39 bits per heavy atom. The van der Waals surface area contributed by atoms with Crippen LogP contribution in [0.3, 0.4) is 0 Å². The first-order valence-corrected chi connectivity index (χ1v) is 6.97. The summed E-state index contributed by atoms with van der Waals surface area (Å²) in [4.78, 5) is 2.46. The van der Waals surface area contributed by atoms with Gasteiger partial charge in [0.05, 0.1) is 12.3 Å². The number of ether oxygens (including phenoxy) is 1. The van der Waals surface area contributed by atoms with Gasteiger partial charge in [-0.2, -0.15) is 5.10 Å². The molecule has 1 aliphatic rings. The van der Waals surface area contributed by atoms with Crippen LogP contribution in [0.4, 0.5) is 0 Å². The molecular formula is C14H25N3O. The second-order valence-corrected chi connectivity index (χ2v) is 5.29. The molecule has 4 nitrogen and oxygen atoms in total. The lowest BCUT2D eigenvalue weighted by Gasteiger charge is -2.33. The van der Waals surface area contributed by atoms with Crippen molar-refractivity contribution in [2.45, 2.75) is 57.8 Å². The molecule has 0 aliphatic heterocycles. The highest BCUT2D eigenvalue weighted by molar-refractivity contribution is 5.03. The highest BCUT2D eigenvalue weighted by atomic mass is 16.5. The number of hydrogen-bond donors (Lipinski definition) is 0. The van der Waals surface area contributed by atoms with Crippen LogP contribution in [0, 0.1) is 0 Å². The minimum atomic E-state index is 0.484. The number of aryl methyl sites for hydroxylation is 1. The predicted octanol–water partition coefficient (Wildman–Crippen LogP) is 2.29. The van der Waals surface area contributed by atoms with Crippen LogP contribution in [0.15, 0.2) is 12.4 Å². The molecule has 1 aromatic heterocycles. The maximum Gasteiger partial charge on any atom is 0.0572 e. The highest BCUT2D eigenvalue weighted by Crippen LogP contribution is 2.24. The van der Waals surface area contributed by atoms with E-state index >= 15 is 0 Å². The third-order valence-corrected chi connectivity index (χ3v) is 4.04. The zero-order chi connectivity index (χ0) is 13.0. The van der Waals surface area contributed by atoms with Gasteiger partial charge >= 0.3 is 0 Å². The number of aromatic nitrogens is 2. The Bertz CT molecular complexity index is 356. The molecule has 1 saturated carbocycles. The van der Waals surface area contributed by atoms with E-state index in [9.17, 15) is 0 Å². The molecule has 1 aromatic rings. The van der Waals surface area contributed by atoms with Crippen molar-refractivity contribution >= 4 is 0 Å². The SMILES string of the molecule is CCn1cc(CN(C)C2CCC(OC)CC2)cn1. The summed E-state index contributed by atoms with van der Waals surface area (Å²) in [6.07, 6.45) is 9.50. The number of nitrogens with zero attached hydrogens (tertiary/aromatic N) is 3. The Morgan fingerprint density at radius 2 is 2.11 bits per heavy atom. The fourth-order valence-electron chi connectivity index (χ4n) is 2.80. The quantitative estimate of drug-likeness (QED) is 0.804. The summed E-state index contributed by atoms with van der Waals surface area (Å²) in [5.74, 6) is 0. The minimum Gasteiger partial charge on any atom is -0.381 e. The van der Waals surface area contributed by atoms with Crippen molar-refractivity contribution in [2.24, 2.45) is 0 Å². The van der Waals surface area contributed by atoms with E-state index in [4.69, 9.17) is 4.74 Å². The predicted molar refractivity (Wildman–Crippen MR) is 72.4 cm³/mol. The fourth-order valence-corrected chi connectivity index (χ4v) is 2.80. The molecule has 0 radical (unpaired) electrons. The van der Waals surface area contributed by atoms with Crippen LogP contribution in [0.1, 0.15) is 38.2 Å². The van der Waals surface area contributed by atoms with Gasteiger partial charge in [-0.05, 0) is 39.7 Å². The Kier molecular flexibility index (Phi) is 4.78. The number of methoxy groups -OCH3 is 1. The minimum absolute atomic E-state index is 0.484. The summed E-state index contributed by atoms with van der Waals surface area (Å²) in [7, 11) is 4.05. The lowest BCUT2D eigenvalue weighted by Crippen LogP contribution is -2.36. The summed E-state index contributed by atoms with van der Waals surface area (Å²) < 4.78 is 7.41. The zero-order valence-corrected chi connectivity index (χ0v) is 11.8. The van der Waals surface area contributed by atoms with Crippen LogP contribution < -0.4 is 0 Å². The molecule has 0 unspecified atom stereocenters. The van der Waals surface area contributed by atoms with Crippen LogP contribution in [0.5, 0.6) is 0 Å². The molecule has 18 heavy (non-hydrogen) atoms. The molecule has 1 heterocycles. The normalized spacial score (nSPS) is 24.7. The molecule has 1 fully saturated rings. The Balaban J connectivity index is 1.82. The van der Waals surface area contributed by atoms with Gasteiger partial charge in [0.1, 0.15) is 0 Å². The summed E-state index contributed by atoms with van der Waals surface area (Å²) in [6.45, 7) is 4.07. The fraction of sp³-hybridized carbons (Fsp3) is 0.786. The standard InChI is InChI=1S/C14H25N3O/c1-4-17-11-12(9-15-17)10-16(2)13-5-7-14(18-3)8-6-13/h9,11,13-14H,4-8,10H2,1-3H3. The van der Waals surface area contributed by atoms with Crippen molar-refractivity contribution in [1.29, 1.82) is 0 Å². The molecule has 4 heteroatoms. The van der Waals surface area contributed by atoms with E-state index in [1.807, 2.05) is 18.0 Å². The Hall–Kier alpha value is -0.870. The molecular weight excluding hydrogens is 226 g/mol. The molecule has 0 amide bonds. The van der Waals surface area contributed by atoms with Gasteiger partial charge in [0, 0.05) is 38.0 Å². The van der Waals surface area contributed by atoms with E-state index in [-0.39, 0.29) is 0 Å². The van der Waals surface area contributed by atoms with Gasteiger partial charge in [0.2, 0.25) is 0 Å². The van der Waals surface area contributed by atoms with E-state index in [2.05, 4.69) is 30.2 Å². The van der Waals surface area contributed by atoms with Gasteiger partial charge in [-0.1, -0.05) is 0 Å². The maximum absolute atomic E-state index is 5.42. The zero-order valence-electron chi connectivity index (χ0n) is 11.8. The molecule has 0 bridgehead atoms. The summed E-state index contributed by atoms with van der Waals surface area (Å²) in [6, 6.07) is 0.696. The van der Waals surface area contributed by atoms with E-state index in [0.717, 1.165) is 13.1 Å². The van der Waals surface area contributed by atoms with Gasteiger partial charge in [-0.3, -0.25) is 9.58 Å². The van der Waals surface area contributed by atoms with Crippen molar-refractivity contribution < 1.29 is 4.74 Å². The van der Waals surface area contributed by atoms with Gasteiger partial charge < -0.3 is 4.74 Å². The molecule has 1 aliphatic carbocycles. The van der Waals surface area contributed by atoms with Crippen LogP contribution in [-0.2, 0) is 17.8 Å². The lowest BCUT2D eigenvalue weighted by atomic mass is 9.92. The Morgan fingerprint density at radius 3 is 2.67 bits per heavy atom. The average Bonchev–Trinajstić information content (AvgIpc) is 2.86. The van der Waals surface area contributed by atoms with Gasteiger partial charge in [0.15, 0.2) is 0 Å². The maximum atomic E-state index is 5.42. The van der Waals surface area contributed by atoms with E-state index in [1.54, 1.807) is 0 Å². The van der Waals surface area contributed by atoms with Gasteiger partial charge in [-0.25, -0.2) is 0 Å². The molecule has 0 spiro atoms. The molecule has 102 valence electrons. The second-order valence-electron chi connectivity index (χ2n) is 5.29. The van der Waals surface area contributed by atoms with Crippen LogP contribution in [-0.4, -0.2) is 41.0 Å². The van der Waals surface area contributed by atoms with Crippen LogP contribution in [0.2, 0.25) is 0 Å². The van der Waals surface area contributed by atoms with E-state index in [1.165, 1.54) is 31.2 Å². The number of rotatable bonds is 5. The average molecular weight is 251 g/mol. The first kappa shape index (κ1) is 13.6. The molecule has 2 rings (SSSR count). The van der Waals surface area contributed by atoms with Crippen molar-refractivity contribution in [3.63, 3.8) is 0 Å². The van der Waals surface area contributed by atoms with E-state index < -0.39 is 0 Å². The topological polar surface area (TPSA) is 30.3 Å². The molecule has 0 aromatic carbocycles. The van der Waals surface area contributed by atoms with Gasteiger partial charge in [-0.15, -0.1) is 0 Å². The van der Waals surface area contributed by atoms with Gasteiger partial charge in [0.25, 0.3) is 0 Å². The molecule has 0 atom stereocenters. The summed E-state index contributed by atoms with van der Waals surface area (Å²) in [5, 5.41) is 4.33. The third kappa shape index (κ3) is 3.33. The second kappa shape index (κ2) is 6.34. The number of hydrogen-bond acceptors (Lipinski definition) is 3. The molecule has 0 N–H and O–H groups in total. The van der Waals surface area contributed by atoms with E-state index in [0.29, 0.717) is 12.1 Å². The first-order valence-electron chi connectivity index (χ1n) is 6.97. The van der Waals surface area contributed by atoms with Crippen LogP contribution >= 0.6 is 0 Å². The highest BCUT2D eigenvalue weighted by Gasteiger charge is 2.23. The largest absolute Gasteiger partial charge is 0.381 e. The third-order valence-electron chi connectivity index (χ3n) is 4.04. The van der Waals surface area contributed by atoms with Crippen molar-refractivity contribution in [1.82, 2.24) is 14.7 Å². The smallest absolute Gasteiger partial charge is 0.0572 e. The summed E-state index contributed by atoms with van der Waals surface area (Å²) >= 11 is 0. The van der Waals surface area contributed by atoms with Crippen molar-refractivity contribution in [2.75, 3.05) is 14.2 Å². The van der Waals surface area contributed by atoms with Crippen LogP contribution in [0.25, 0.3) is 0 Å². The lowest BCUT2D eigenvalue weighted by molar-refractivity contribution is 0.0427. The first-order chi connectivity index (χ1) is 8.72. The Labute approximate surface area is 110 Å².